The summed E-state index contributed by atoms with van der Waals surface area (Å²) in [5.74, 6) is 2.47. The van der Waals surface area contributed by atoms with Gasteiger partial charge in [0.25, 0.3) is 0 Å². The third-order valence-corrected chi connectivity index (χ3v) is 5.88. The smallest absolute Gasteiger partial charge is 0.236 e. The van der Waals surface area contributed by atoms with Gasteiger partial charge in [-0.25, -0.2) is 9.97 Å². The SMILES string of the molecule is CCc1nc(Nc2ncc(C3CCC3)s2)cc(OCCNC(=O)C(C)NC)n1. The number of hydrogen-bond donors (Lipinski definition) is 3. The monoisotopic (exact) mass is 404 g/mol. The molecule has 1 atom stereocenters. The third kappa shape index (κ3) is 5.39. The van der Waals surface area contributed by atoms with Gasteiger partial charge in [0.15, 0.2) is 5.13 Å². The van der Waals surface area contributed by atoms with Crippen molar-refractivity contribution in [3.63, 3.8) is 0 Å². The molecule has 28 heavy (non-hydrogen) atoms. The second-order valence-electron chi connectivity index (χ2n) is 6.83. The Morgan fingerprint density at radius 3 is 2.89 bits per heavy atom. The maximum absolute atomic E-state index is 11.7. The summed E-state index contributed by atoms with van der Waals surface area (Å²) in [7, 11) is 1.75. The van der Waals surface area contributed by atoms with Crippen molar-refractivity contribution in [1.29, 1.82) is 0 Å². The highest BCUT2D eigenvalue weighted by atomic mass is 32.1. The van der Waals surface area contributed by atoms with Gasteiger partial charge in [0.2, 0.25) is 11.8 Å². The van der Waals surface area contributed by atoms with Crippen molar-refractivity contribution in [2.75, 3.05) is 25.5 Å². The van der Waals surface area contributed by atoms with Crippen molar-refractivity contribution in [3.05, 3.63) is 23.0 Å². The van der Waals surface area contributed by atoms with Gasteiger partial charge in [0, 0.05) is 23.6 Å². The Balaban J connectivity index is 1.57. The number of ether oxygens (including phenoxy) is 1. The van der Waals surface area contributed by atoms with E-state index in [9.17, 15) is 4.79 Å². The lowest BCUT2D eigenvalue weighted by Crippen LogP contribution is -2.41. The number of rotatable bonds is 10. The molecule has 2 aromatic rings. The summed E-state index contributed by atoms with van der Waals surface area (Å²) in [4.78, 5) is 26.5. The summed E-state index contributed by atoms with van der Waals surface area (Å²) in [5, 5.41) is 9.82. The zero-order chi connectivity index (χ0) is 19.9. The second-order valence-corrected chi connectivity index (χ2v) is 7.89. The first-order valence-corrected chi connectivity index (χ1v) is 10.6. The third-order valence-electron chi connectivity index (χ3n) is 4.81. The number of thiazole rings is 1. The van der Waals surface area contributed by atoms with E-state index in [1.807, 2.05) is 13.1 Å². The predicted octanol–water partition coefficient (Wildman–Crippen LogP) is 2.61. The van der Waals surface area contributed by atoms with Crippen LogP contribution >= 0.6 is 11.3 Å². The zero-order valence-corrected chi connectivity index (χ0v) is 17.4. The lowest BCUT2D eigenvalue weighted by molar-refractivity contribution is -0.122. The Labute approximate surface area is 169 Å². The van der Waals surface area contributed by atoms with Crippen LogP contribution in [0.2, 0.25) is 0 Å². The molecule has 2 heterocycles. The van der Waals surface area contributed by atoms with E-state index in [2.05, 4.69) is 30.9 Å². The second kappa shape index (κ2) is 9.79. The molecule has 8 nitrogen and oxygen atoms in total. The van der Waals surface area contributed by atoms with Crippen molar-refractivity contribution in [1.82, 2.24) is 25.6 Å². The molecule has 0 saturated heterocycles. The van der Waals surface area contributed by atoms with Crippen LogP contribution < -0.4 is 20.7 Å². The largest absolute Gasteiger partial charge is 0.476 e. The number of carbonyl (C=O) groups excluding carboxylic acids is 1. The van der Waals surface area contributed by atoms with Gasteiger partial charge < -0.3 is 20.7 Å². The van der Waals surface area contributed by atoms with E-state index in [4.69, 9.17) is 4.74 Å². The van der Waals surface area contributed by atoms with E-state index in [-0.39, 0.29) is 11.9 Å². The first-order chi connectivity index (χ1) is 13.6. The highest BCUT2D eigenvalue weighted by molar-refractivity contribution is 7.15. The molecule has 2 aromatic heterocycles. The number of aryl methyl sites for hydroxylation is 1. The summed E-state index contributed by atoms with van der Waals surface area (Å²) in [6.45, 7) is 4.56. The fourth-order valence-corrected chi connectivity index (χ4v) is 3.71. The molecule has 1 saturated carbocycles. The molecule has 1 amide bonds. The van der Waals surface area contributed by atoms with Crippen LogP contribution in [0.25, 0.3) is 0 Å². The van der Waals surface area contributed by atoms with Crippen LogP contribution in [-0.4, -0.2) is 47.1 Å². The van der Waals surface area contributed by atoms with E-state index < -0.39 is 0 Å². The fourth-order valence-electron chi connectivity index (χ4n) is 2.72. The molecule has 0 spiro atoms. The number of nitrogens with one attached hydrogen (secondary N) is 3. The van der Waals surface area contributed by atoms with Gasteiger partial charge in [-0.1, -0.05) is 13.3 Å². The topological polar surface area (TPSA) is 101 Å². The van der Waals surface area contributed by atoms with Gasteiger partial charge in [-0.15, -0.1) is 11.3 Å². The number of amides is 1. The number of nitrogens with zero attached hydrogens (tertiary/aromatic N) is 3. The van der Waals surface area contributed by atoms with Gasteiger partial charge in [0.05, 0.1) is 12.6 Å². The van der Waals surface area contributed by atoms with Gasteiger partial charge in [-0.2, -0.15) is 4.98 Å². The molecular formula is C19H28N6O2S. The van der Waals surface area contributed by atoms with E-state index in [1.54, 1.807) is 31.4 Å². The summed E-state index contributed by atoms with van der Waals surface area (Å²) in [6.07, 6.45) is 6.50. The molecule has 1 aliphatic carbocycles. The highest BCUT2D eigenvalue weighted by Gasteiger charge is 2.22. The van der Waals surface area contributed by atoms with Crippen molar-refractivity contribution in [2.45, 2.75) is 51.5 Å². The average molecular weight is 405 g/mol. The Hall–Kier alpha value is -2.26. The molecule has 1 fully saturated rings. The number of aromatic nitrogens is 3. The molecule has 1 unspecified atom stereocenters. The van der Waals surface area contributed by atoms with E-state index in [0.717, 1.165) is 5.13 Å². The molecule has 0 aromatic carbocycles. The minimum Gasteiger partial charge on any atom is -0.476 e. The summed E-state index contributed by atoms with van der Waals surface area (Å²) in [5.41, 5.74) is 0. The first kappa shape index (κ1) is 20.5. The quantitative estimate of drug-likeness (QED) is 0.523. The van der Waals surface area contributed by atoms with Crippen molar-refractivity contribution < 1.29 is 9.53 Å². The molecule has 9 heteroatoms. The van der Waals surface area contributed by atoms with Gasteiger partial charge in [0.1, 0.15) is 18.2 Å². The van der Waals surface area contributed by atoms with E-state index in [1.165, 1.54) is 24.1 Å². The number of carbonyl (C=O) groups is 1. The Kier molecular flexibility index (Phi) is 7.16. The first-order valence-electron chi connectivity index (χ1n) is 9.77. The van der Waals surface area contributed by atoms with Crippen molar-refractivity contribution >= 4 is 28.2 Å². The number of likely N-dealkylation sites (N-methyl/N-ethyl adjacent to an activating group) is 1. The molecule has 0 bridgehead atoms. The van der Waals surface area contributed by atoms with Crippen molar-refractivity contribution in [2.24, 2.45) is 0 Å². The molecular weight excluding hydrogens is 376 g/mol. The lowest BCUT2D eigenvalue weighted by atomic mass is 9.85. The fraction of sp³-hybridized carbons (Fsp3) is 0.579. The van der Waals surface area contributed by atoms with E-state index in [0.29, 0.717) is 43.0 Å². The molecule has 3 N–H and O–H groups in total. The van der Waals surface area contributed by atoms with E-state index >= 15 is 0 Å². The normalized spacial score (nSPS) is 15.0. The Bertz CT molecular complexity index is 792. The molecule has 0 aliphatic heterocycles. The predicted molar refractivity (Wildman–Crippen MR) is 110 cm³/mol. The average Bonchev–Trinajstić information content (AvgIpc) is 3.10. The number of anilines is 2. The Morgan fingerprint density at radius 1 is 1.39 bits per heavy atom. The molecule has 0 radical (unpaired) electrons. The summed E-state index contributed by atoms with van der Waals surface area (Å²) in [6, 6.07) is 1.53. The maximum Gasteiger partial charge on any atom is 0.236 e. The van der Waals surface area contributed by atoms with Crippen LogP contribution in [0, 0.1) is 0 Å². The lowest BCUT2D eigenvalue weighted by Gasteiger charge is -2.23. The standard InChI is InChI=1S/C19H28N6O2S/c1-4-15-23-16(25-19-22-11-14(28-19)13-6-5-7-13)10-17(24-15)27-9-8-21-18(26)12(2)20-3/h10-13,20H,4-9H2,1-3H3,(H,21,26)(H,22,23,24,25). The van der Waals surface area contributed by atoms with Crippen molar-refractivity contribution in [3.8, 4) is 5.88 Å². The minimum absolute atomic E-state index is 0.0589. The van der Waals surface area contributed by atoms with Gasteiger partial charge in [-0.05, 0) is 32.7 Å². The van der Waals surface area contributed by atoms with Crippen LogP contribution in [0.4, 0.5) is 10.9 Å². The van der Waals surface area contributed by atoms with Gasteiger partial charge >= 0.3 is 0 Å². The zero-order valence-electron chi connectivity index (χ0n) is 16.6. The molecule has 1 aliphatic rings. The number of hydrogen-bond acceptors (Lipinski definition) is 8. The summed E-state index contributed by atoms with van der Waals surface area (Å²) >= 11 is 1.68. The van der Waals surface area contributed by atoms with Crippen LogP contribution in [0.5, 0.6) is 5.88 Å². The Morgan fingerprint density at radius 2 is 2.21 bits per heavy atom. The van der Waals surface area contributed by atoms with Crippen LogP contribution in [-0.2, 0) is 11.2 Å². The summed E-state index contributed by atoms with van der Waals surface area (Å²) < 4.78 is 5.72. The highest BCUT2D eigenvalue weighted by Crippen LogP contribution is 2.40. The molecule has 152 valence electrons. The van der Waals surface area contributed by atoms with Crippen LogP contribution in [0.15, 0.2) is 12.3 Å². The van der Waals surface area contributed by atoms with Gasteiger partial charge in [-0.3, -0.25) is 4.79 Å². The maximum atomic E-state index is 11.7. The van der Waals surface area contributed by atoms with Crippen LogP contribution in [0.1, 0.15) is 49.7 Å². The minimum atomic E-state index is -0.232. The molecule has 3 rings (SSSR count). The van der Waals surface area contributed by atoms with Crippen LogP contribution in [0.3, 0.4) is 0 Å².